The molecule has 2 aromatic carbocycles. The largest absolute Gasteiger partial charge is 0.496 e. The van der Waals surface area contributed by atoms with Crippen LogP contribution in [0.25, 0.3) is 6.08 Å². The minimum absolute atomic E-state index is 0.0149. The molecular formula is C24H22BrClO3S. The fourth-order valence-electron chi connectivity index (χ4n) is 2.91. The minimum atomic E-state index is 0.0149. The van der Waals surface area contributed by atoms with Gasteiger partial charge in [-0.25, -0.2) is 0 Å². The van der Waals surface area contributed by atoms with E-state index in [0.29, 0.717) is 17.4 Å². The average molecular weight is 506 g/mol. The maximum Gasteiger partial charge on any atom is 0.195 e. The summed E-state index contributed by atoms with van der Waals surface area (Å²) in [4.78, 5) is 14.5. The van der Waals surface area contributed by atoms with E-state index >= 15 is 0 Å². The van der Waals surface area contributed by atoms with E-state index in [1.807, 2.05) is 42.5 Å². The summed E-state index contributed by atoms with van der Waals surface area (Å²) in [6.07, 6.45) is 5.52. The van der Waals surface area contributed by atoms with E-state index in [2.05, 4.69) is 22.9 Å². The lowest BCUT2D eigenvalue weighted by atomic mass is 10.1. The highest BCUT2D eigenvalue weighted by Crippen LogP contribution is 2.30. The van der Waals surface area contributed by atoms with Crippen molar-refractivity contribution >= 4 is 50.7 Å². The Morgan fingerprint density at radius 2 is 1.93 bits per heavy atom. The van der Waals surface area contributed by atoms with Crippen LogP contribution < -0.4 is 9.47 Å². The van der Waals surface area contributed by atoms with E-state index in [4.69, 9.17) is 21.1 Å². The van der Waals surface area contributed by atoms with Gasteiger partial charge in [0.15, 0.2) is 5.78 Å². The lowest BCUT2D eigenvalue weighted by molar-refractivity contribution is 0.105. The Bertz CT molecular complexity index is 1060. The summed E-state index contributed by atoms with van der Waals surface area (Å²) in [5.74, 6) is 1.44. The van der Waals surface area contributed by atoms with Gasteiger partial charge in [0, 0.05) is 15.5 Å². The van der Waals surface area contributed by atoms with Crippen LogP contribution in [0.4, 0.5) is 0 Å². The summed E-state index contributed by atoms with van der Waals surface area (Å²) in [7, 11) is 1.63. The monoisotopic (exact) mass is 504 g/mol. The molecule has 0 radical (unpaired) electrons. The van der Waals surface area contributed by atoms with E-state index in [9.17, 15) is 4.79 Å². The van der Waals surface area contributed by atoms with Crippen LogP contribution in [-0.2, 0) is 13.0 Å². The van der Waals surface area contributed by atoms with E-state index in [0.717, 1.165) is 39.1 Å². The number of thiophene rings is 1. The molecule has 0 fully saturated rings. The van der Waals surface area contributed by atoms with Gasteiger partial charge in [-0.2, -0.15) is 0 Å². The Morgan fingerprint density at radius 1 is 1.13 bits per heavy atom. The molecule has 156 valence electrons. The van der Waals surface area contributed by atoms with Crippen molar-refractivity contribution < 1.29 is 14.3 Å². The normalized spacial score (nSPS) is 11.1. The summed E-state index contributed by atoms with van der Waals surface area (Å²) >= 11 is 11.0. The number of carbonyl (C=O) groups is 1. The molecule has 0 saturated carbocycles. The maximum absolute atomic E-state index is 12.5. The molecule has 30 heavy (non-hydrogen) atoms. The third kappa shape index (κ3) is 5.97. The molecule has 3 aromatic rings. The molecule has 0 aliphatic carbocycles. The van der Waals surface area contributed by atoms with Gasteiger partial charge in [-0.15, -0.1) is 11.3 Å². The molecule has 0 N–H and O–H groups in total. The highest BCUT2D eigenvalue weighted by atomic mass is 79.9. The van der Waals surface area contributed by atoms with Gasteiger partial charge in [0.2, 0.25) is 0 Å². The first kappa shape index (κ1) is 22.6. The predicted octanol–water partition coefficient (Wildman–Crippen LogP) is 7.60. The quantitative estimate of drug-likeness (QED) is 0.222. The maximum atomic E-state index is 12.5. The molecule has 1 aromatic heterocycles. The fourth-order valence-corrected chi connectivity index (χ4v) is 4.73. The van der Waals surface area contributed by atoms with Crippen molar-refractivity contribution in [3.8, 4) is 11.5 Å². The zero-order valence-corrected chi connectivity index (χ0v) is 19.9. The number of ketones is 1. The lowest BCUT2D eigenvalue weighted by Gasteiger charge is -2.12. The first-order chi connectivity index (χ1) is 14.5. The molecule has 3 rings (SSSR count). The van der Waals surface area contributed by atoms with Crippen molar-refractivity contribution in [1.29, 1.82) is 0 Å². The molecule has 0 atom stereocenters. The van der Waals surface area contributed by atoms with Gasteiger partial charge in [-0.1, -0.05) is 37.1 Å². The summed E-state index contributed by atoms with van der Waals surface area (Å²) in [5.41, 5.74) is 1.79. The van der Waals surface area contributed by atoms with Crippen molar-refractivity contribution in [3.05, 3.63) is 85.0 Å². The number of hydrogen-bond donors (Lipinski definition) is 0. The second-order valence-corrected chi connectivity index (χ2v) is 9.11. The number of methoxy groups -OCH3 is 1. The van der Waals surface area contributed by atoms with Gasteiger partial charge < -0.3 is 9.47 Å². The van der Waals surface area contributed by atoms with Gasteiger partial charge in [-0.3, -0.25) is 4.79 Å². The van der Waals surface area contributed by atoms with Crippen LogP contribution in [0.1, 0.15) is 39.0 Å². The van der Waals surface area contributed by atoms with Crippen LogP contribution in [0, 0.1) is 0 Å². The van der Waals surface area contributed by atoms with Crippen molar-refractivity contribution in [3.63, 3.8) is 0 Å². The number of benzene rings is 2. The molecule has 3 nitrogen and oxygen atoms in total. The minimum Gasteiger partial charge on any atom is -0.496 e. The summed E-state index contributed by atoms with van der Waals surface area (Å²) in [6.45, 7) is 2.46. The van der Waals surface area contributed by atoms with Crippen LogP contribution in [0.5, 0.6) is 11.5 Å². The van der Waals surface area contributed by atoms with Gasteiger partial charge in [-0.05, 0) is 76.5 Å². The first-order valence-electron chi connectivity index (χ1n) is 9.56. The summed E-state index contributed by atoms with van der Waals surface area (Å²) in [5, 5.41) is 0.635. The number of carbonyl (C=O) groups excluding carboxylic acids is 1. The topological polar surface area (TPSA) is 35.5 Å². The van der Waals surface area contributed by atoms with Crippen molar-refractivity contribution in [2.75, 3.05) is 7.11 Å². The molecular weight excluding hydrogens is 484 g/mol. The second kappa shape index (κ2) is 10.8. The van der Waals surface area contributed by atoms with Gasteiger partial charge in [0.25, 0.3) is 0 Å². The molecule has 0 unspecified atom stereocenters. The molecule has 6 heteroatoms. The number of allylic oxidation sites excluding steroid dienone is 1. The van der Waals surface area contributed by atoms with E-state index < -0.39 is 0 Å². The Kier molecular flexibility index (Phi) is 8.14. The number of aryl methyl sites for hydroxylation is 1. The lowest BCUT2D eigenvalue weighted by Crippen LogP contribution is -2.00. The van der Waals surface area contributed by atoms with Crippen LogP contribution in [0.2, 0.25) is 5.02 Å². The molecule has 1 heterocycles. The number of halogens is 2. The van der Waals surface area contributed by atoms with Crippen molar-refractivity contribution in [1.82, 2.24) is 0 Å². The number of rotatable bonds is 9. The molecule has 0 amide bonds. The Morgan fingerprint density at radius 3 is 2.67 bits per heavy atom. The highest BCUT2D eigenvalue weighted by molar-refractivity contribution is 9.10. The third-order valence-electron chi connectivity index (χ3n) is 4.41. The molecule has 0 spiro atoms. The first-order valence-corrected chi connectivity index (χ1v) is 11.5. The fraction of sp³-hybridized carbons (Fsp3) is 0.208. The Balaban J connectivity index is 1.72. The van der Waals surface area contributed by atoms with Crippen LogP contribution in [0.3, 0.4) is 0 Å². The van der Waals surface area contributed by atoms with Crippen LogP contribution in [0.15, 0.2) is 59.1 Å². The highest BCUT2D eigenvalue weighted by Gasteiger charge is 2.09. The van der Waals surface area contributed by atoms with Gasteiger partial charge in [0.05, 0.1) is 16.5 Å². The predicted molar refractivity (Wildman–Crippen MR) is 128 cm³/mol. The number of hydrogen-bond acceptors (Lipinski definition) is 4. The van der Waals surface area contributed by atoms with Gasteiger partial charge >= 0.3 is 0 Å². The van der Waals surface area contributed by atoms with Gasteiger partial charge in [0.1, 0.15) is 18.1 Å². The summed E-state index contributed by atoms with van der Waals surface area (Å²) < 4.78 is 12.2. The second-order valence-electron chi connectivity index (χ2n) is 6.65. The Hall–Kier alpha value is -2.08. The van der Waals surface area contributed by atoms with E-state index in [1.165, 1.54) is 4.88 Å². The summed E-state index contributed by atoms with van der Waals surface area (Å²) in [6, 6.07) is 15.1. The van der Waals surface area contributed by atoms with Crippen LogP contribution in [-0.4, -0.2) is 12.9 Å². The molecule has 0 aliphatic rings. The Labute approximate surface area is 194 Å². The van der Waals surface area contributed by atoms with E-state index in [1.54, 1.807) is 36.7 Å². The SMILES string of the molecule is CCCc1ccc(C(=O)/C=C/c2ccc(OC)c(COc3ccc(Cl)cc3Br)c2)s1. The smallest absolute Gasteiger partial charge is 0.195 e. The zero-order chi connectivity index (χ0) is 21.5. The third-order valence-corrected chi connectivity index (χ3v) is 6.42. The standard InChI is InChI=1S/C24H22BrClO3S/c1-3-4-19-8-12-24(30-19)21(27)9-5-16-6-10-22(28-2)17(13-16)15-29-23-11-7-18(26)14-20(23)25/h5-14H,3-4,15H2,1-2H3/b9-5+. The number of ether oxygens (including phenoxy) is 2. The zero-order valence-electron chi connectivity index (χ0n) is 16.8. The average Bonchev–Trinajstić information content (AvgIpc) is 3.20. The molecule has 0 bridgehead atoms. The van der Waals surface area contributed by atoms with Crippen molar-refractivity contribution in [2.24, 2.45) is 0 Å². The van der Waals surface area contributed by atoms with Crippen molar-refractivity contribution in [2.45, 2.75) is 26.4 Å². The van der Waals surface area contributed by atoms with E-state index in [-0.39, 0.29) is 5.78 Å². The van der Waals surface area contributed by atoms with Crippen LogP contribution >= 0.6 is 38.9 Å². The molecule has 0 aliphatic heterocycles. The molecule has 0 saturated heterocycles.